The maximum atomic E-state index is 12.2. The molecule has 1 aromatic carbocycles. The second-order valence-corrected chi connectivity index (χ2v) is 6.61. The van der Waals surface area contributed by atoms with Crippen molar-refractivity contribution < 1.29 is 9.53 Å². The summed E-state index contributed by atoms with van der Waals surface area (Å²) in [6.07, 6.45) is 0.860. The van der Waals surface area contributed by atoms with Crippen LogP contribution in [0.3, 0.4) is 0 Å². The van der Waals surface area contributed by atoms with Crippen LogP contribution < -0.4 is 5.32 Å². The highest BCUT2D eigenvalue weighted by Crippen LogP contribution is 2.12. The van der Waals surface area contributed by atoms with E-state index >= 15 is 0 Å². The van der Waals surface area contributed by atoms with Gasteiger partial charge in [0, 0.05) is 53.0 Å². The molecule has 24 heavy (non-hydrogen) atoms. The van der Waals surface area contributed by atoms with Crippen LogP contribution >= 0.6 is 0 Å². The molecule has 1 aliphatic rings. The third-order valence-corrected chi connectivity index (χ3v) is 4.65. The maximum absolute atomic E-state index is 12.2. The monoisotopic (exact) mass is 333 g/mol. The van der Waals surface area contributed by atoms with Gasteiger partial charge in [-0.05, 0) is 25.8 Å². The van der Waals surface area contributed by atoms with Crippen LogP contribution in [-0.4, -0.2) is 68.2 Å². The van der Waals surface area contributed by atoms with E-state index in [1.807, 2.05) is 6.92 Å². The molecular weight excluding hydrogens is 302 g/mol. The number of amides is 1. The lowest BCUT2D eigenvalue weighted by molar-refractivity contribution is -0.126. The van der Waals surface area contributed by atoms with Crippen molar-refractivity contribution in [1.82, 2.24) is 15.1 Å². The Kier molecular flexibility index (Phi) is 7.69. The van der Waals surface area contributed by atoms with Crippen LogP contribution in [0.1, 0.15) is 24.5 Å². The molecule has 134 valence electrons. The van der Waals surface area contributed by atoms with E-state index in [4.69, 9.17) is 4.74 Å². The number of carbonyl (C=O) groups excluding carboxylic acids is 1. The second-order valence-electron chi connectivity index (χ2n) is 6.61. The number of hydrogen-bond donors (Lipinski definition) is 1. The molecule has 0 aliphatic carbocycles. The second kappa shape index (κ2) is 9.77. The third-order valence-electron chi connectivity index (χ3n) is 4.65. The molecule has 1 saturated heterocycles. The number of rotatable bonds is 8. The molecule has 1 fully saturated rings. The largest absolute Gasteiger partial charge is 0.385 e. The van der Waals surface area contributed by atoms with Gasteiger partial charge in [-0.2, -0.15) is 0 Å². The third kappa shape index (κ3) is 5.89. The predicted octanol–water partition coefficient (Wildman–Crippen LogP) is 1.65. The summed E-state index contributed by atoms with van der Waals surface area (Å²) in [5.74, 6) is 0.123. The average Bonchev–Trinajstić information content (AvgIpc) is 2.58. The number of piperazine rings is 1. The van der Waals surface area contributed by atoms with Crippen LogP contribution in [0, 0.1) is 6.92 Å². The molecule has 5 heteroatoms. The van der Waals surface area contributed by atoms with Crippen LogP contribution in [0.5, 0.6) is 0 Å². The van der Waals surface area contributed by atoms with Crippen molar-refractivity contribution in [3.63, 3.8) is 0 Å². The predicted molar refractivity (Wildman–Crippen MR) is 97.0 cm³/mol. The van der Waals surface area contributed by atoms with E-state index in [1.165, 1.54) is 11.1 Å². The highest BCUT2D eigenvalue weighted by atomic mass is 16.5. The van der Waals surface area contributed by atoms with Gasteiger partial charge in [0.15, 0.2) is 0 Å². The molecule has 1 aromatic rings. The van der Waals surface area contributed by atoms with Gasteiger partial charge in [-0.1, -0.05) is 29.8 Å². The van der Waals surface area contributed by atoms with E-state index in [-0.39, 0.29) is 11.9 Å². The average molecular weight is 333 g/mol. The van der Waals surface area contributed by atoms with E-state index in [0.29, 0.717) is 13.2 Å². The fourth-order valence-electron chi connectivity index (χ4n) is 3.12. The zero-order valence-corrected chi connectivity index (χ0v) is 15.3. The van der Waals surface area contributed by atoms with Crippen molar-refractivity contribution in [2.45, 2.75) is 32.9 Å². The number of hydrogen-bond acceptors (Lipinski definition) is 4. The Morgan fingerprint density at radius 3 is 2.71 bits per heavy atom. The Bertz CT molecular complexity index is 513. The quantitative estimate of drug-likeness (QED) is 0.735. The Balaban J connectivity index is 1.72. The number of nitrogens with zero attached hydrogens (tertiary/aromatic N) is 2. The van der Waals surface area contributed by atoms with Gasteiger partial charge in [0.05, 0.1) is 6.04 Å². The fraction of sp³-hybridized carbons (Fsp3) is 0.632. The lowest BCUT2D eigenvalue weighted by Gasteiger charge is -2.37. The summed E-state index contributed by atoms with van der Waals surface area (Å²) in [6.45, 7) is 10.4. The summed E-state index contributed by atoms with van der Waals surface area (Å²) >= 11 is 0. The van der Waals surface area contributed by atoms with E-state index in [0.717, 1.165) is 39.1 Å². The standard InChI is InChI=1S/C19H31N3O2/c1-16-6-4-7-18(14-16)15-21-9-11-22(12-10-21)17(2)19(23)20-8-5-13-24-3/h4,6-7,14,17H,5,8-13,15H2,1-3H3,(H,20,23). The molecule has 5 nitrogen and oxygen atoms in total. The summed E-state index contributed by atoms with van der Waals surface area (Å²) in [4.78, 5) is 17.0. The Hall–Kier alpha value is -1.43. The number of ether oxygens (including phenoxy) is 1. The van der Waals surface area contributed by atoms with Crippen molar-refractivity contribution in [2.24, 2.45) is 0 Å². The van der Waals surface area contributed by atoms with E-state index < -0.39 is 0 Å². The van der Waals surface area contributed by atoms with Gasteiger partial charge >= 0.3 is 0 Å². The van der Waals surface area contributed by atoms with Gasteiger partial charge in [0.2, 0.25) is 5.91 Å². The summed E-state index contributed by atoms with van der Waals surface area (Å²) in [7, 11) is 1.68. The van der Waals surface area contributed by atoms with Crippen molar-refractivity contribution in [1.29, 1.82) is 0 Å². The van der Waals surface area contributed by atoms with Crippen molar-refractivity contribution in [3.8, 4) is 0 Å². The molecule has 0 radical (unpaired) electrons. The lowest BCUT2D eigenvalue weighted by Crippen LogP contribution is -2.53. The minimum atomic E-state index is -0.0614. The smallest absolute Gasteiger partial charge is 0.237 e. The number of benzene rings is 1. The lowest BCUT2D eigenvalue weighted by atomic mass is 10.1. The molecule has 0 saturated carbocycles. The van der Waals surface area contributed by atoms with E-state index in [9.17, 15) is 4.79 Å². The molecule has 0 spiro atoms. The summed E-state index contributed by atoms with van der Waals surface area (Å²) in [5, 5.41) is 3.00. The van der Waals surface area contributed by atoms with Crippen LogP contribution in [-0.2, 0) is 16.1 Å². The molecule has 1 heterocycles. The zero-order chi connectivity index (χ0) is 17.4. The van der Waals surface area contributed by atoms with Crippen molar-refractivity contribution >= 4 is 5.91 Å². The Morgan fingerprint density at radius 2 is 2.04 bits per heavy atom. The topological polar surface area (TPSA) is 44.8 Å². The first-order valence-electron chi connectivity index (χ1n) is 8.88. The van der Waals surface area contributed by atoms with Gasteiger partial charge in [-0.3, -0.25) is 14.6 Å². The first-order chi connectivity index (χ1) is 11.6. The molecule has 2 rings (SSSR count). The molecule has 1 amide bonds. The fourth-order valence-corrected chi connectivity index (χ4v) is 3.12. The minimum Gasteiger partial charge on any atom is -0.385 e. The Morgan fingerprint density at radius 1 is 1.29 bits per heavy atom. The van der Waals surface area contributed by atoms with Gasteiger partial charge in [0.25, 0.3) is 0 Å². The summed E-state index contributed by atoms with van der Waals surface area (Å²) < 4.78 is 5.00. The molecule has 0 bridgehead atoms. The number of carbonyl (C=O) groups is 1. The number of methoxy groups -OCH3 is 1. The molecule has 1 atom stereocenters. The SMILES string of the molecule is COCCCNC(=O)C(C)N1CCN(Cc2cccc(C)c2)CC1. The minimum absolute atomic E-state index is 0.0614. The maximum Gasteiger partial charge on any atom is 0.237 e. The van der Waals surface area contributed by atoms with E-state index in [2.05, 4.69) is 46.3 Å². The van der Waals surface area contributed by atoms with Crippen molar-refractivity contribution in [3.05, 3.63) is 35.4 Å². The molecule has 1 unspecified atom stereocenters. The van der Waals surface area contributed by atoms with Crippen LogP contribution in [0.4, 0.5) is 0 Å². The van der Waals surface area contributed by atoms with Crippen LogP contribution in [0.15, 0.2) is 24.3 Å². The molecule has 1 N–H and O–H groups in total. The van der Waals surface area contributed by atoms with Crippen LogP contribution in [0.25, 0.3) is 0 Å². The highest BCUT2D eigenvalue weighted by molar-refractivity contribution is 5.81. The first kappa shape index (κ1) is 18.9. The Labute approximate surface area is 146 Å². The van der Waals surface area contributed by atoms with E-state index in [1.54, 1.807) is 7.11 Å². The summed E-state index contributed by atoms with van der Waals surface area (Å²) in [5.41, 5.74) is 2.68. The van der Waals surface area contributed by atoms with Gasteiger partial charge < -0.3 is 10.1 Å². The highest BCUT2D eigenvalue weighted by Gasteiger charge is 2.25. The van der Waals surface area contributed by atoms with Crippen molar-refractivity contribution in [2.75, 3.05) is 46.4 Å². The molecular formula is C19H31N3O2. The van der Waals surface area contributed by atoms with Crippen LogP contribution in [0.2, 0.25) is 0 Å². The number of aryl methyl sites for hydroxylation is 1. The number of nitrogens with one attached hydrogen (secondary N) is 1. The zero-order valence-electron chi connectivity index (χ0n) is 15.3. The normalized spacial score (nSPS) is 17.6. The molecule has 0 aromatic heterocycles. The van der Waals surface area contributed by atoms with Gasteiger partial charge in [-0.15, -0.1) is 0 Å². The van der Waals surface area contributed by atoms with Gasteiger partial charge in [0.1, 0.15) is 0 Å². The first-order valence-corrected chi connectivity index (χ1v) is 8.88. The summed E-state index contributed by atoms with van der Waals surface area (Å²) in [6, 6.07) is 8.64. The van der Waals surface area contributed by atoms with Gasteiger partial charge in [-0.25, -0.2) is 0 Å². The molecule has 1 aliphatic heterocycles.